The third-order valence-electron chi connectivity index (χ3n) is 6.00. The normalized spacial score (nSPS) is 12.6. The number of nitrogens with zero attached hydrogens (tertiary/aromatic N) is 1. The topological polar surface area (TPSA) is 95.7 Å². The molecule has 6 nitrogen and oxygen atoms in total. The van der Waals surface area contributed by atoms with E-state index in [9.17, 15) is 23.5 Å². The molecule has 0 saturated carbocycles. The van der Waals surface area contributed by atoms with Crippen molar-refractivity contribution in [2.24, 2.45) is 5.73 Å². The number of nitrogens with two attached hydrogens (primary N) is 1. The highest BCUT2D eigenvalue weighted by Crippen LogP contribution is 2.22. The molecule has 0 bridgehead atoms. The smallest absolute Gasteiger partial charge is 0.251 e. The lowest BCUT2D eigenvalue weighted by Gasteiger charge is -2.28. The lowest BCUT2D eigenvalue weighted by molar-refractivity contribution is -0.132. The van der Waals surface area contributed by atoms with Gasteiger partial charge in [-0.25, -0.2) is 8.78 Å². The van der Waals surface area contributed by atoms with E-state index < -0.39 is 35.6 Å². The standard InChI is InChI=1S/C28H29Cl2F2N3O3/c1-2-17-4-3-5-18(8-17)15-35(16-26(36)25(33)11-19-9-21(31)13-22(32)10-19)27(37)14-34-28(38)20-6-7-23(29)24(30)12-20/h3-10,12-13,25-26,36H,2,11,14-16,33H2,1H3,(H,34,38)/t25-,26+/m0/s1. The molecule has 202 valence electrons. The zero-order valence-electron chi connectivity index (χ0n) is 20.8. The number of aryl methyl sites for hydroxylation is 1. The van der Waals surface area contributed by atoms with Gasteiger partial charge in [-0.15, -0.1) is 0 Å². The molecule has 3 aromatic rings. The first kappa shape index (κ1) is 29.5. The number of carbonyl (C=O) groups is 2. The van der Waals surface area contributed by atoms with Gasteiger partial charge in [0.15, 0.2) is 0 Å². The van der Waals surface area contributed by atoms with Crippen molar-refractivity contribution in [3.8, 4) is 0 Å². The van der Waals surface area contributed by atoms with E-state index in [1.54, 1.807) is 0 Å². The van der Waals surface area contributed by atoms with Gasteiger partial charge in [0, 0.05) is 30.8 Å². The fourth-order valence-corrected chi connectivity index (χ4v) is 4.23. The van der Waals surface area contributed by atoms with Crippen molar-refractivity contribution in [1.29, 1.82) is 0 Å². The maximum atomic E-state index is 13.6. The minimum absolute atomic E-state index is 0.00272. The van der Waals surface area contributed by atoms with Crippen molar-refractivity contribution in [3.05, 3.63) is 105 Å². The maximum absolute atomic E-state index is 13.6. The predicted molar refractivity (Wildman–Crippen MR) is 144 cm³/mol. The molecule has 0 spiro atoms. The van der Waals surface area contributed by atoms with Crippen LogP contribution in [0.15, 0.2) is 60.7 Å². The van der Waals surface area contributed by atoms with Gasteiger partial charge in [-0.3, -0.25) is 9.59 Å². The first-order valence-corrected chi connectivity index (χ1v) is 12.8. The molecule has 10 heteroatoms. The van der Waals surface area contributed by atoms with E-state index in [4.69, 9.17) is 28.9 Å². The predicted octanol–water partition coefficient (Wildman–Crippen LogP) is 4.52. The van der Waals surface area contributed by atoms with Gasteiger partial charge in [0.2, 0.25) is 5.91 Å². The number of halogens is 4. The van der Waals surface area contributed by atoms with Crippen molar-refractivity contribution in [3.63, 3.8) is 0 Å². The van der Waals surface area contributed by atoms with Gasteiger partial charge >= 0.3 is 0 Å². The highest BCUT2D eigenvalue weighted by Gasteiger charge is 2.24. The van der Waals surface area contributed by atoms with Crippen LogP contribution in [0.2, 0.25) is 10.0 Å². The summed E-state index contributed by atoms with van der Waals surface area (Å²) in [6.07, 6.45) is -0.401. The number of aliphatic hydroxyl groups excluding tert-OH is 1. The Morgan fingerprint density at radius 1 is 0.974 bits per heavy atom. The molecule has 0 unspecified atom stereocenters. The monoisotopic (exact) mass is 563 g/mol. The van der Waals surface area contributed by atoms with E-state index >= 15 is 0 Å². The van der Waals surface area contributed by atoms with Crippen LogP contribution in [0.1, 0.15) is 34.0 Å². The first-order valence-electron chi connectivity index (χ1n) is 12.0. The van der Waals surface area contributed by atoms with Crippen LogP contribution in [0, 0.1) is 11.6 Å². The summed E-state index contributed by atoms with van der Waals surface area (Å²) in [7, 11) is 0. The fourth-order valence-electron chi connectivity index (χ4n) is 3.93. The molecule has 0 fully saturated rings. The molecule has 38 heavy (non-hydrogen) atoms. The SMILES string of the molecule is CCc1cccc(CN(C[C@@H](O)[C@@H](N)Cc2cc(F)cc(F)c2)C(=O)CNC(=O)c2ccc(Cl)c(Cl)c2)c1. The average molecular weight is 564 g/mol. The number of hydrogen-bond donors (Lipinski definition) is 3. The maximum Gasteiger partial charge on any atom is 0.251 e. The summed E-state index contributed by atoms with van der Waals surface area (Å²) in [5.74, 6) is -2.46. The second-order valence-corrected chi connectivity index (χ2v) is 9.79. The van der Waals surface area contributed by atoms with Gasteiger partial charge < -0.3 is 21.1 Å². The van der Waals surface area contributed by atoms with Crippen LogP contribution in [-0.2, 0) is 24.2 Å². The summed E-state index contributed by atoms with van der Waals surface area (Å²) < 4.78 is 27.1. The quantitative estimate of drug-likeness (QED) is 0.319. The molecule has 0 aliphatic carbocycles. The minimum atomic E-state index is -1.20. The summed E-state index contributed by atoms with van der Waals surface area (Å²) in [4.78, 5) is 27.1. The van der Waals surface area contributed by atoms with Gasteiger partial charge in [0.1, 0.15) is 11.6 Å². The lowest BCUT2D eigenvalue weighted by Crippen LogP contribution is -2.48. The molecule has 2 amide bonds. The van der Waals surface area contributed by atoms with Crippen LogP contribution >= 0.6 is 23.2 Å². The highest BCUT2D eigenvalue weighted by molar-refractivity contribution is 6.42. The van der Waals surface area contributed by atoms with Crippen LogP contribution < -0.4 is 11.1 Å². The zero-order chi connectivity index (χ0) is 27.8. The Kier molecular flexibility index (Phi) is 10.6. The van der Waals surface area contributed by atoms with Crippen LogP contribution in [0.4, 0.5) is 8.78 Å². The minimum Gasteiger partial charge on any atom is -0.390 e. The number of carbonyl (C=O) groups excluding carboxylic acids is 2. The van der Waals surface area contributed by atoms with E-state index in [-0.39, 0.29) is 42.2 Å². The third-order valence-corrected chi connectivity index (χ3v) is 6.74. The van der Waals surface area contributed by atoms with Crippen molar-refractivity contribution >= 4 is 35.0 Å². The van der Waals surface area contributed by atoms with Crippen molar-refractivity contribution in [1.82, 2.24) is 10.2 Å². The summed E-state index contributed by atoms with van der Waals surface area (Å²) >= 11 is 11.9. The van der Waals surface area contributed by atoms with Crippen molar-refractivity contribution in [2.75, 3.05) is 13.1 Å². The van der Waals surface area contributed by atoms with Crippen LogP contribution in [0.5, 0.6) is 0 Å². The number of hydrogen-bond acceptors (Lipinski definition) is 4. The molecule has 3 rings (SSSR count). The van der Waals surface area contributed by atoms with E-state index in [1.165, 1.54) is 23.1 Å². The molecule has 0 aromatic heterocycles. The average Bonchev–Trinajstić information content (AvgIpc) is 2.87. The molecule has 0 radical (unpaired) electrons. The van der Waals surface area contributed by atoms with Crippen LogP contribution in [0.3, 0.4) is 0 Å². The molecule has 0 heterocycles. The number of aliphatic hydroxyl groups is 1. The van der Waals surface area contributed by atoms with E-state index in [2.05, 4.69) is 5.32 Å². The Morgan fingerprint density at radius 2 is 1.66 bits per heavy atom. The van der Waals surface area contributed by atoms with Crippen LogP contribution in [-0.4, -0.2) is 47.1 Å². The molecule has 4 N–H and O–H groups in total. The third kappa shape index (κ3) is 8.49. The summed E-state index contributed by atoms with van der Waals surface area (Å²) in [5.41, 5.74) is 8.57. The molecule has 0 saturated heterocycles. The van der Waals surface area contributed by atoms with Crippen LogP contribution in [0.25, 0.3) is 0 Å². The van der Waals surface area contributed by atoms with E-state index in [1.807, 2.05) is 31.2 Å². The van der Waals surface area contributed by atoms with Gasteiger partial charge in [0.05, 0.1) is 22.7 Å². The second kappa shape index (κ2) is 13.7. The molecular formula is C28H29Cl2F2N3O3. The number of amides is 2. The van der Waals surface area contributed by atoms with E-state index in [0.29, 0.717) is 5.02 Å². The Labute approximate surface area is 230 Å². The number of nitrogens with one attached hydrogen (secondary N) is 1. The second-order valence-electron chi connectivity index (χ2n) is 8.97. The molecule has 3 aromatic carbocycles. The van der Waals surface area contributed by atoms with Gasteiger partial charge in [-0.1, -0.05) is 54.4 Å². The highest BCUT2D eigenvalue weighted by atomic mass is 35.5. The van der Waals surface area contributed by atoms with Crippen molar-refractivity contribution in [2.45, 2.75) is 38.5 Å². The van der Waals surface area contributed by atoms with Gasteiger partial charge in [-0.05, 0) is 59.9 Å². The summed E-state index contributed by atoms with van der Waals surface area (Å²) in [6.45, 7) is 1.67. The van der Waals surface area contributed by atoms with Gasteiger partial charge in [0.25, 0.3) is 5.91 Å². The Morgan fingerprint density at radius 3 is 2.32 bits per heavy atom. The Balaban J connectivity index is 1.72. The van der Waals surface area contributed by atoms with Crippen molar-refractivity contribution < 1.29 is 23.5 Å². The molecular weight excluding hydrogens is 535 g/mol. The Hall–Kier alpha value is -3.04. The summed E-state index contributed by atoms with van der Waals surface area (Å²) in [6, 6.07) is 14.2. The molecule has 0 aliphatic heterocycles. The van der Waals surface area contributed by atoms with Gasteiger partial charge in [-0.2, -0.15) is 0 Å². The largest absolute Gasteiger partial charge is 0.390 e. The number of benzene rings is 3. The van der Waals surface area contributed by atoms with E-state index in [0.717, 1.165) is 35.7 Å². The molecule has 0 aliphatic rings. The molecule has 2 atom stereocenters. The number of rotatable bonds is 11. The first-order chi connectivity index (χ1) is 18.0. The lowest BCUT2D eigenvalue weighted by atomic mass is 10.0. The fraction of sp³-hybridized carbons (Fsp3) is 0.286. The zero-order valence-corrected chi connectivity index (χ0v) is 22.3. The Bertz CT molecular complexity index is 1270. The summed E-state index contributed by atoms with van der Waals surface area (Å²) in [5, 5.41) is 13.9.